The summed E-state index contributed by atoms with van der Waals surface area (Å²) in [5.41, 5.74) is 3.63. The number of hydrogen-bond acceptors (Lipinski definition) is 3. The monoisotopic (exact) mass is 310 g/mol. The highest BCUT2D eigenvalue weighted by Crippen LogP contribution is 2.22. The van der Waals surface area contributed by atoms with Crippen LogP contribution in [0.2, 0.25) is 0 Å². The third kappa shape index (κ3) is 3.30. The summed E-state index contributed by atoms with van der Waals surface area (Å²) in [6, 6.07) is 6.34. The van der Waals surface area contributed by atoms with Gasteiger partial charge in [-0.05, 0) is 37.1 Å². The molecule has 0 spiro atoms. The van der Waals surface area contributed by atoms with Gasteiger partial charge in [0.25, 0.3) is 0 Å². The fraction of sp³-hybridized carbons (Fsp3) is 0.308. The van der Waals surface area contributed by atoms with E-state index in [0.717, 1.165) is 28.1 Å². The topological polar surface area (TPSA) is 24.9 Å². The van der Waals surface area contributed by atoms with Crippen molar-refractivity contribution in [3.8, 4) is 0 Å². The van der Waals surface area contributed by atoms with Gasteiger partial charge >= 0.3 is 0 Å². The molecule has 0 aliphatic heterocycles. The quantitative estimate of drug-likeness (QED) is 0.906. The van der Waals surface area contributed by atoms with E-state index in [1.165, 1.54) is 11.3 Å². The third-order valence-corrected chi connectivity index (χ3v) is 3.89. The second kappa shape index (κ2) is 5.65. The predicted molar refractivity (Wildman–Crippen MR) is 77.7 cm³/mol. The van der Waals surface area contributed by atoms with E-state index in [1.54, 1.807) is 11.3 Å². The normalized spacial score (nSPS) is 10.5. The van der Waals surface area contributed by atoms with Crippen LogP contribution in [-0.2, 0) is 13.0 Å². The van der Waals surface area contributed by atoms with Crippen molar-refractivity contribution in [1.29, 1.82) is 0 Å². The molecule has 0 atom stereocenters. The molecule has 1 heterocycles. The van der Waals surface area contributed by atoms with Crippen LogP contribution in [0, 0.1) is 6.92 Å². The molecule has 1 aromatic heterocycles. The molecular weight excluding hydrogens is 296 g/mol. The molecule has 0 amide bonds. The van der Waals surface area contributed by atoms with Gasteiger partial charge in [0.15, 0.2) is 0 Å². The van der Waals surface area contributed by atoms with Gasteiger partial charge in [0, 0.05) is 15.5 Å². The van der Waals surface area contributed by atoms with Crippen molar-refractivity contribution < 1.29 is 0 Å². The summed E-state index contributed by atoms with van der Waals surface area (Å²) < 4.78 is 1.13. The van der Waals surface area contributed by atoms with Crippen molar-refractivity contribution in [2.45, 2.75) is 26.8 Å². The lowest BCUT2D eigenvalue weighted by Crippen LogP contribution is -2.02. The lowest BCUT2D eigenvalue weighted by atomic mass is 10.1. The Morgan fingerprint density at radius 2 is 2.24 bits per heavy atom. The third-order valence-electron chi connectivity index (χ3n) is 2.57. The second-order valence-electron chi connectivity index (χ2n) is 3.87. The van der Waals surface area contributed by atoms with Crippen LogP contribution in [0.3, 0.4) is 0 Å². The summed E-state index contributed by atoms with van der Waals surface area (Å²) >= 11 is 5.19. The van der Waals surface area contributed by atoms with Crippen LogP contribution in [0.1, 0.15) is 23.2 Å². The van der Waals surface area contributed by atoms with Crippen molar-refractivity contribution in [1.82, 2.24) is 4.98 Å². The lowest BCUT2D eigenvalue weighted by molar-refractivity contribution is 1.04. The SMILES string of the molecule is CCc1cc(Br)ccc1NCc1csc(C)n1. The summed E-state index contributed by atoms with van der Waals surface area (Å²) in [6.45, 7) is 4.99. The maximum Gasteiger partial charge on any atom is 0.0898 e. The van der Waals surface area contributed by atoms with Gasteiger partial charge in [-0.3, -0.25) is 0 Å². The van der Waals surface area contributed by atoms with E-state index in [2.05, 4.69) is 56.7 Å². The van der Waals surface area contributed by atoms with E-state index in [1.807, 2.05) is 6.92 Å². The van der Waals surface area contributed by atoms with Crippen LogP contribution < -0.4 is 5.32 Å². The van der Waals surface area contributed by atoms with Gasteiger partial charge in [-0.2, -0.15) is 0 Å². The molecular formula is C13H15BrN2S. The lowest BCUT2D eigenvalue weighted by Gasteiger charge is -2.10. The molecule has 0 radical (unpaired) electrons. The number of rotatable bonds is 4. The second-order valence-corrected chi connectivity index (χ2v) is 5.84. The first-order chi connectivity index (χ1) is 8.19. The predicted octanol–water partition coefficient (Wildman–Crippen LogP) is 4.39. The molecule has 17 heavy (non-hydrogen) atoms. The Morgan fingerprint density at radius 3 is 2.88 bits per heavy atom. The Labute approximate surface area is 114 Å². The number of anilines is 1. The number of thiazole rings is 1. The molecule has 2 rings (SSSR count). The van der Waals surface area contributed by atoms with Crippen LogP contribution in [0.15, 0.2) is 28.1 Å². The van der Waals surface area contributed by atoms with Crippen molar-refractivity contribution in [3.05, 3.63) is 44.3 Å². The van der Waals surface area contributed by atoms with E-state index < -0.39 is 0 Å². The zero-order chi connectivity index (χ0) is 12.3. The zero-order valence-corrected chi connectivity index (χ0v) is 12.4. The molecule has 1 N–H and O–H groups in total. The fourth-order valence-electron chi connectivity index (χ4n) is 1.70. The fourth-order valence-corrected chi connectivity index (χ4v) is 2.72. The molecule has 4 heteroatoms. The van der Waals surface area contributed by atoms with E-state index in [4.69, 9.17) is 0 Å². The number of aromatic nitrogens is 1. The van der Waals surface area contributed by atoms with E-state index in [9.17, 15) is 0 Å². The van der Waals surface area contributed by atoms with Crippen molar-refractivity contribution in [2.75, 3.05) is 5.32 Å². The first-order valence-electron chi connectivity index (χ1n) is 5.62. The Bertz CT molecular complexity index is 508. The van der Waals surface area contributed by atoms with Gasteiger partial charge in [0.2, 0.25) is 0 Å². The van der Waals surface area contributed by atoms with Crippen LogP contribution >= 0.6 is 27.3 Å². The molecule has 0 aliphatic carbocycles. The molecule has 0 fully saturated rings. The van der Waals surface area contributed by atoms with Gasteiger partial charge in [-0.15, -0.1) is 11.3 Å². The van der Waals surface area contributed by atoms with Crippen molar-refractivity contribution in [2.24, 2.45) is 0 Å². The largest absolute Gasteiger partial charge is 0.379 e. The minimum absolute atomic E-state index is 0.791. The van der Waals surface area contributed by atoms with Crippen molar-refractivity contribution in [3.63, 3.8) is 0 Å². The Hall–Kier alpha value is -0.870. The summed E-state index contributed by atoms with van der Waals surface area (Å²) in [5.74, 6) is 0. The number of halogens is 1. The molecule has 2 aromatic rings. The zero-order valence-electron chi connectivity index (χ0n) is 9.96. The Balaban J connectivity index is 2.08. The Morgan fingerprint density at radius 1 is 1.41 bits per heavy atom. The number of nitrogens with zero attached hydrogens (tertiary/aromatic N) is 1. The van der Waals surface area contributed by atoms with Crippen LogP contribution in [0.5, 0.6) is 0 Å². The maximum absolute atomic E-state index is 4.45. The van der Waals surface area contributed by atoms with Gasteiger partial charge in [0.1, 0.15) is 0 Å². The first-order valence-corrected chi connectivity index (χ1v) is 7.29. The van der Waals surface area contributed by atoms with Gasteiger partial charge in [-0.1, -0.05) is 22.9 Å². The van der Waals surface area contributed by atoms with Crippen LogP contribution in [-0.4, -0.2) is 4.98 Å². The molecule has 0 unspecified atom stereocenters. The summed E-state index contributed by atoms with van der Waals surface area (Å²) in [4.78, 5) is 4.45. The number of hydrogen-bond donors (Lipinski definition) is 1. The highest BCUT2D eigenvalue weighted by Gasteiger charge is 2.03. The number of aryl methyl sites for hydroxylation is 2. The molecule has 0 saturated carbocycles. The highest BCUT2D eigenvalue weighted by molar-refractivity contribution is 9.10. The van der Waals surface area contributed by atoms with Gasteiger partial charge in [-0.25, -0.2) is 4.98 Å². The van der Waals surface area contributed by atoms with Gasteiger partial charge in [0.05, 0.1) is 17.2 Å². The first kappa shape index (κ1) is 12.6. The summed E-state index contributed by atoms with van der Waals surface area (Å²) in [5, 5.41) is 6.67. The molecule has 90 valence electrons. The van der Waals surface area contributed by atoms with Crippen LogP contribution in [0.4, 0.5) is 5.69 Å². The molecule has 0 aliphatic rings. The average molecular weight is 311 g/mol. The number of benzene rings is 1. The van der Waals surface area contributed by atoms with E-state index >= 15 is 0 Å². The minimum Gasteiger partial charge on any atom is -0.379 e. The average Bonchev–Trinajstić information content (AvgIpc) is 2.73. The molecule has 0 saturated heterocycles. The molecule has 2 nitrogen and oxygen atoms in total. The number of nitrogens with one attached hydrogen (secondary N) is 1. The molecule has 1 aromatic carbocycles. The summed E-state index contributed by atoms with van der Waals surface area (Å²) in [7, 11) is 0. The minimum atomic E-state index is 0.791. The van der Waals surface area contributed by atoms with E-state index in [0.29, 0.717) is 0 Å². The van der Waals surface area contributed by atoms with E-state index in [-0.39, 0.29) is 0 Å². The van der Waals surface area contributed by atoms with Crippen molar-refractivity contribution >= 4 is 33.0 Å². The standard InChI is InChI=1S/C13H15BrN2S/c1-3-10-6-11(14)4-5-13(10)15-7-12-8-17-9(2)16-12/h4-6,8,15H,3,7H2,1-2H3. The molecule has 0 bridgehead atoms. The Kier molecular flexibility index (Phi) is 4.18. The smallest absolute Gasteiger partial charge is 0.0898 e. The summed E-state index contributed by atoms with van der Waals surface area (Å²) in [6.07, 6.45) is 1.03. The van der Waals surface area contributed by atoms with Gasteiger partial charge < -0.3 is 5.32 Å². The highest BCUT2D eigenvalue weighted by atomic mass is 79.9. The van der Waals surface area contributed by atoms with Crippen LogP contribution in [0.25, 0.3) is 0 Å². The maximum atomic E-state index is 4.45.